The van der Waals surface area contributed by atoms with Gasteiger partial charge >= 0.3 is 0 Å². The number of thiophene rings is 2. The second kappa shape index (κ2) is 4.65. The minimum absolute atomic E-state index is 0.126. The topological polar surface area (TPSA) is 17.1 Å². The molecule has 0 aromatic carbocycles. The molecule has 1 nitrogen and oxygen atoms in total. The zero-order valence-electron chi connectivity index (χ0n) is 9.03. The Labute approximate surface area is 103 Å². The zero-order valence-corrected chi connectivity index (χ0v) is 10.7. The minimum Gasteiger partial charge on any atom is -0.294 e. The van der Waals surface area contributed by atoms with Crippen molar-refractivity contribution >= 4 is 28.5 Å². The molecule has 0 aliphatic carbocycles. The van der Waals surface area contributed by atoms with Crippen molar-refractivity contribution in [2.45, 2.75) is 13.8 Å². The van der Waals surface area contributed by atoms with Gasteiger partial charge in [-0.25, -0.2) is 0 Å². The largest absolute Gasteiger partial charge is 0.294 e. The maximum atomic E-state index is 11.2. The smallest absolute Gasteiger partial charge is 0.169 e. The van der Waals surface area contributed by atoms with Crippen molar-refractivity contribution in [2.24, 2.45) is 0 Å². The molecule has 0 aliphatic rings. The third-order valence-electron chi connectivity index (χ3n) is 2.05. The molecule has 2 heterocycles. The van der Waals surface area contributed by atoms with Crippen LogP contribution in [0.5, 0.6) is 0 Å². The average molecular weight is 246 g/mol. The van der Waals surface area contributed by atoms with Crippen molar-refractivity contribution in [2.75, 3.05) is 0 Å². The summed E-state index contributed by atoms with van der Waals surface area (Å²) in [6.07, 6.45) is 0. The first-order valence-corrected chi connectivity index (χ1v) is 6.47. The van der Waals surface area contributed by atoms with Gasteiger partial charge < -0.3 is 0 Å². The Morgan fingerprint density at radius 3 is 2.44 bits per heavy atom. The van der Waals surface area contributed by atoms with Gasteiger partial charge in [-0.05, 0) is 38.1 Å². The summed E-state index contributed by atoms with van der Waals surface area (Å²) in [6.45, 7) is 3.43. The lowest BCUT2D eigenvalue weighted by Crippen LogP contribution is -1.83. The Balaban J connectivity index is 2.34. The van der Waals surface area contributed by atoms with Crippen LogP contribution in [0.25, 0.3) is 9.75 Å². The molecule has 0 saturated heterocycles. The first-order valence-electron chi connectivity index (χ1n) is 4.84. The van der Waals surface area contributed by atoms with E-state index >= 15 is 0 Å². The molecule has 0 fully saturated rings. The summed E-state index contributed by atoms with van der Waals surface area (Å²) >= 11 is 3.20. The molecule has 2 aromatic rings. The molecule has 3 heteroatoms. The first kappa shape index (κ1) is 11.1. The monoisotopic (exact) mass is 246 g/mol. The summed E-state index contributed by atoms with van der Waals surface area (Å²) < 4.78 is 0. The molecule has 2 rings (SSSR count). The molecule has 0 N–H and O–H groups in total. The fourth-order valence-corrected chi connectivity index (χ4v) is 3.22. The number of Topliss-reactive ketones (excluding diaryl/α,β-unsaturated/α-hetero) is 1. The van der Waals surface area contributed by atoms with E-state index in [4.69, 9.17) is 0 Å². The highest BCUT2D eigenvalue weighted by Gasteiger charge is 2.07. The van der Waals surface area contributed by atoms with E-state index in [9.17, 15) is 4.79 Å². The van der Waals surface area contributed by atoms with Gasteiger partial charge in [-0.15, -0.1) is 28.6 Å². The van der Waals surface area contributed by atoms with Crippen LogP contribution in [0.15, 0.2) is 24.3 Å². The molecule has 0 radical (unpaired) electrons. The van der Waals surface area contributed by atoms with Gasteiger partial charge in [0, 0.05) is 9.75 Å². The lowest BCUT2D eigenvalue weighted by molar-refractivity contribution is 0.102. The lowest BCUT2D eigenvalue weighted by atomic mass is 10.3. The molecule has 16 heavy (non-hydrogen) atoms. The summed E-state index contributed by atoms with van der Waals surface area (Å²) in [7, 11) is 0. The van der Waals surface area contributed by atoms with Crippen molar-refractivity contribution in [3.05, 3.63) is 34.0 Å². The van der Waals surface area contributed by atoms with Gasteiger partial charge in [-0.3, -0.25) is 4.79 Å². The predicted octanol–water partition coefficient (Wildman–Crippen LogP) is 4.05. The number of hydrogen-bond donors (Lipinski definition) is 0. The molecule has 0 amide bonds. The molecule has 0 atom stereocenters. The van der Waals surface area contributed by atoms with E-state index in [0.717, 1.165) is 14.6 Å². The van der Waals surface area contributed by atoms with Gasteiger partial charge in [-0.2, -0.15) is 0 Å². The molecular weight excluding hydrogens is 236 g/mol. The SMILES string of the molecule is CC#Cc1ccc(-c2ccc(C(C)=O)s2)s1. The molecule has 0 bridgehead atoms. The molecular formula is C13H10OS2. The van der Waals surface area contributed by atoms with E-state index in [0.29, 0.717) is 0 Å². The van der Waals surface area contributed by atoms with Crippen LogP contribution in [-0.4, -0.2) is 5.78 Å². The number of ketones is 1. The van der Waals surface area contributed by atoms with Crippen molar-refractivity contribution < 1.29 is 4.79 Å². The van der Waals surface area contributed by atoms with Gasteiger partial charge in [-0.1, -0.05) is 5.92 Å². The summed E-state index contributed by atoms with van der Waals surface area (Å²) in [5, 5.41) is 0. The third kappa shape index (κ3) is 2.24. The summed E-state index contributed by atoms with van der Waals surface area (Å²) in [5.74, 6) is 6.04. The van der Waals surface area contributed by atoms with Crippen LogP contribution in [0.4, 0.5) is 0 Å². The standard InChI is InChI=1S/C13H10OS2/c1-3-4-10-5-6-12(15-10)13-8-7-11(16-13)9(2)14/h5-8H,1-2H3. The number of carbonyl (C=O) groups excluding carboxylic acids is 1. The first-order chi connectivity index (χ1) is 7.70. The average Bonchev–Trinajstić information content (AvgIpc) is 2.84. The second-order valence-corrected chi connectivity index (χ2v) is 5.43. The van der Waals surface area contributed by atoms with Crippen molar-refractivity contribution in [3.8, 4) is 21.6 Å². The summed E-state index contributed by atoms with van der Waals surface area (Å²) in [6, 6.07) is 7.95. The predicted molar refractivity (Wildman–Crippen MR) is 70.2 cm³/mol. The number of carbonyl (C=O) groups is 1. The van der Waals surface area contributed by atoms with E-state index in [1.165, 1.54) is 16.2 Å². The second-order valence-electron chi connectivity index (χ2n) is 3.26. The van der Waals surface area contributed by atoms with Crippen molar-refractivity contribution in [1.82, 2.24) is 0 Å². The van der Waals surface area contributed by atoms with Crippen LogP contribution in [0.3, 0.4) is 0 Å². The normalized spacial score (nSPS) is 9.62. The van der Waals surface area contributed by atoms with E-state index < -0.39 is 0 Å². The van der Waals surface area contributed by atoms with Crippen molar-refractivity contribution in [3.63, 3.8) is 0 Å². The third-order valence-corrected chi connectivity index (χ3v) is 4.43. The Morgan fingerprint density at radius 2 is 1.81 bits per heavy atom. The van der Waals surface area contributed by atoms with Gasteiger partial charge in [0.2, 0.25) is 0 Å². The van der Waals surface area contributed by atoms with E-state index in [-0.39, 0.29) is 5.78 Å². The van der Waals surface area contributed by atoms with Crippen LogP contribution < -0.4 is 0 Å². The highest BCUT2D eigenvalue weighted by Crippen LogP contribution is 2.33. The van der Waals surface area contributed by atoms with Gasteiger partial charge in [0.25, 0.3) is 0 Å². The number of rotatable bonds is 2. The van der Waals surface area contributed by atoms with Crippen LogP contribution in [-0.2, 0) is 0 Å². The van der Waals surface area contributed by atoms with E-state index in [1.54, 1.807) is 18.3 Å². The zero-order chi connectivity index (χ0) is 11.5. The number of hydrogen-bond acceptors (Lipinski definition) is 3. The van der Waals surface area contributed by atoms with Crippen LogP contribution >= 0.6 is 22.7 Å². The Morgan fingerprint density at radius 1 is 1.12 bits per heavy atom. The molecule has 0 aliphatic heterocycles. The lowest BCUT2D eigenvalue weighted by Gasteiger charge is -1.88. The molecule has 0 saturated carbocycles. The molecule has 0 spiro atoms. The molecule has 0 unspecified atom stereocenters. The van der Waals surface area contributed by atoms with Crippen LogP contribution in [0, 0.1) is 11.8 Å². The van der Waals surface area contributed by atoms with Gasteiger partial charge in [0.15, 0.2) is 5.78 Å². The highest BCUT2D eigenvalue weighted by atomic mass is 32.1. The molecule has 80 valence electrons. The molecule has 2 aromatic heterocycles. The van der Waals surface area contributed by atoms with E-state index in [1.807, 2.05) is 25.1 Å². The van der Waals surface area contributed by atoms with E-state index in [2.05, 4.69) is 17.9 Å². The summed E-state index contributed by atoms with van der Waals surface area (Å²) in [5.41, 5.74) is 0. The maximum absolute atomic E-state index is 11.2. The Bertz CT molecular complexity index is 578. The van der Waals surface area contributed by atoms with Crippen LogP contribution in [0.2, 0.25) is 0 Å². The highest BCUT2D eigenvalue weighted by molar-refractivity contribution is 7.23. The quantitative estimate of drug-likeness (QED) is 0.577. The maximum Gasteiger partial charge on any atom is 0.169 e. The van der Waals surface area contributed by atoms with Crippen molar-refractivity contribution in [1.29, 1.82) is 0 Å². The fourth-order valence-electron chi connectivity index (χ4n) is 1.32. The Hall–Kier alpha value is -1.37. The Kier molecular flexibility index (Phi) is 3.23. The summed E-state index contributed by atoms with van der Waals surface area (Å²) in [4.78, 5) is 15.4. The minimum atomic E-state index is 0.126. The van der Waals surface area contributed by atoms with Gasteiger partial charge in [0.1, 0.15) is 0 Å². The van der Waals surface area contributed by atoms with Gasteiger partial charge in [0.05, 0.1) is 9.75 Å². The van der Waals surface area contributed by atoms with Crippen LogP contribution in [0.1, 0.15) is 28.4 Å². The fraction of sp³-hybridized carbons (Fsp3) is 0.154.